The lowest BCUT2D eigenvalue weighted by Gasteiger charge is -2.33. The minimum atomic E-state index is -4.63. The molecule has 0 unspecified atom stereocenters. The first-order valence-corrected chi connectivity index (χ1v) is 11.3. The Labute approximate surface area is 201 Å². The number of alkyl halides is 4. The molecule has 2 N–H and O–H groups in total. The van der Waals surface area contributed by atoms with Crippen molar-refractivity contribution in [2.45, 2.75) is 24.8 Å². The molecule has 0 radical (unpaired) electrons. The van der Waals surface area contributed by atoms with Gasteiger partial charge < -0.3 is 20.1 Å². The van der Waals surface area contributed by atoms with Crippen LogP contribution >= 0.6 is 0 Å². The van der Waals surface area contributed by atoms with E-state index in [0.717, 1.165) is 6.54 Å². The number of benzene rings is 1. The number of halogens is 4. The van der Waals surface area contributed by atoms with Gasteiger partial charge in [0.25, 0.3) is 0 Å². The van der Waals surface area contributed by atoms with E-state index in [9.17, 15) is 17.6 Å². The zero-order valence-electron chi connectivity index (χ0n) is 19.6. The van der Waals surface area contributed by atoms with E-state index in [0.29, 0.717) is 47.5 Å². The molecule has 186 valence electrons. The lowest BCUT2D eigenvalue weighted by Crippen LogP contribution is -2.46. The summed E-state index contributed by atoms with van der Waals surface area (Å²) in [6, 6.07) is 6.26. The van der Waals surface area contributed by atoms with Gasteiger partial charge in [0, 0.05) is 49.3 Å². The van der Waals surface area contributed by atoms with Crippen LogP contribution in [0.5, 0.6) is 0 Å². The number of rotatable bonds is 7. The van der Waals surface area contributed by atoms with Gasteiger partial charge in [-0.2, -0.15) is 13.2 Å². The second-order valence-electron chi connectivity index (χ2n) is 8.80. The number of likely N-dealkylation sites (tertiary alicyclic amines) is 1. The van der Waals surface area contributed by atoms with Crippen LogP contribution in [0.25, 0.3) is 22.4 Å². The molecule has 3 heterocycles. The summed E-state index contributed by atoms with van der Waals surface area (Å²) < 4.78 is 57.3. The number of fused-ring (bicyclic) bond motifs is 1. The highest BCUT2D eigenvalue weighted by Gasteiger charge is 2.35. The SMILES string of the molecule is C=C(c1nc(/C=C/CNc2cn(C)cn2)cc2c(N[C@@H]3CCN(C)C[C@@H]3F)cccc12)C(F)(F)F. The maximum Gasteiger partial charge on any atom is 0.417 e. The molecule has 35 heavy (non-hydrogen) atoms. The predicted molar refractivity (Wildman–Crippen MR) is 132 cm³/mol. The number of allylic oxidation sites excluding steroid dienone is 1. The second-order valence-corrected chi connectivity index (χ2v) is 8.80. The topological polar surface area (TPSA) is 58.0 Å². The Morgan fingerprint density at radius 3 is 2.74 bits per heavy atom. The first kappa shape index (κ1) is 24.7. The van der Waals surface area contributed by atoms with E-state index in [-0.39, 0.29) is 5.69 Å². The van der Waals surface area contributed by atoms with Gasteiger partial charge >= 0.3 is 6.18 Å². The third-order valence-electron chi connectivity index (χ3n) is 6.00. The summed E-state index contributed by atoms with van der Waals surface area (Å²) in [5.41, 5.74) is -0.352. The number of pyridine rings is 1. The van der Waals surface area contributed by atoms with E-state index in [1.807, 2.05) is 25.2 Å². The van der Waals surface area contributed by atoms with Gasteiger partial charge in [0.15, 0.2) is 0 Å². The molecule has 1 aromatic carbocycles. The van der Waals surface area contributed by atoms with Gasteiger partial charge in [0.05, 0.1) is 29.3 Å². The molecule has 2 aromatic heterocycles. The van der Waals surface area contributed by atoms with Crippen molar-refractivity contribution in [2.75, 3.05) is 37.3 Å². The molecule has 6 nitrogen and oxygen atoms in total. The third-order valence-corrected chi connectivity index (χ3v) is 6.00. The number of anilines is 2. The van der Waals surface area contributed by atoms with Crippen LogP contribution in [0.3, 0.4) is 0 Å². The van der Waals surface area contributed by atoms with Crippen molar-refractivity contribution in [1.82, 2.24) is 19.4 Å². The summed E-state index contributed by atoms with van der Waals surface area (Å²) in [7, 11) is 3.72. The first-order valence-electron chi connectivity index (χ1n) is 11.3. The quantitative estimate of drug-likeness (QED) is 0.452. The predicted octanol–water partition coefficient (Wildman–Crippen LogP) is 5.12. The number of nitrogens with one attached hydrogen (secondary N) is 2. The van der Waals surface area contributed by atoms with Crippen LogP contribution < -0.4 is 10.6 Å². The van der Waals surface area contributed by atoms with Crippen LogP contribution in [0.1, 0.15) is 17.8 Å². The van der Waals surface area contributed by atoms with Crippen LogP contribution in [0.2, 0.25) is 0 Å². The lowest BCUT2D eigenvalue weighted by atomic mass is 9.99. The lowest BCUT2D eigenvalue weighted by molar-refractivity contribution is -0.0688. The molecule has 0 amide bonds. The molecule has 1 aliphatic rings. The molecule has 0 spiro atoms. The smallest absolute Gasteiger partial charge is 0.379 e. The molecular formula is C25H28F4N6. The highest BCUT2D eigenvalue weighted by atomic mass is 19.4. The molecule has 2 atom stereocenters. The summed E-state index contributed by atoms with van der Waals surface area (Å²) in [4.78, 5) is 10.4. The standard InChI is InChI=1S/C25H28F4N6/c1-16(25(27,28)29)24-18-7-4-8-21(33-22-9-11-34(2)13-20(22)26)19(18)12-17(32-24)6-5-10-30-23-14-35(3)15-31-23/h4-8,12,14-15,20,22,30,33H,1,9-11,13H2,2-3H3/b6-5+/t20-,22+/m0/s1. The van der Waals surface area contributed by atoms with Crippen molar-refractivity contribution in [1.29, 1.82) is 0 Å². The van der Waals surface area contributed by atoms with Crippen molar-refractivity contribution >= 4 is 33.9 Å². The number of piperidine rings is 1. The number of imidazole rings is 1. The fourth-order valence-electron chi connectivity index (χ4n) is 4.14. The normalized spacial score (nSPS) is 19.4. The average Bonchev–Trinajstić information content (AvgIpc) is 3.22. The Hall–Kier alpha value is -3.40. The summed E-state index contributed by atoms with van der Waals surface area (Å²) in [6.45, 7) is 4.72. The van der Waals surface area contributed by atoms with E-state index in [4.69, 9.17) is 0 Å². The Morgan fingerprint density at radius 2 is 2.06 bits per heavy atom. The van der Waals surface area contributed by atoms with Gasteiger partial charge in [0.1, 0.15) is 12.0 Å². The molecule has 0 aliphatic carbocycles. The summed E-state index contributed by atoms with van der Waals surface area (Å²) in [5.74, 6) is 0.681. The van der Waals surface area contributed by atoms with E-state index in [1.54, 1.807) is 47.3 Å². The van der Waals surface area contributed by atoms with E-state index in [2.05, 4.69) is 27.2 Å². The van der Waals surface area contributed by atoms with Crippen LogP contribution in [0, 0.1) is 0 Å². The summed E-state index contributed by atoms with van der Waals surface area (Å²) in [6.07, 6.45) is 1.74. The van der Waals surface area contributed by atoms with Gasteiger partial charge in [0.2, 0.25) is 0 Å². The van der Waals surface area contributed by atoms with Crippen molar-refractivity contribution < 1.29 is 17.6 Å². The second kappa shape index (κ2) is 10.1. The van der Waals surface area contributed by atoms with E-state index < -0.39 is 24.0 Å². The van der Waals surface area contributed by atoms with E-state index in [1.165, 1.54) is 0 Å². The Morgan fingerprint density at radius 1 is 1.26 bits per heavy atom. The zero-order chi connectivity index (χ0) is 25.2. The first-order chi connectivity index (χ1) is 16.6. The fraction of sp³-hybridized carbons (Fsp3) is 0.360. The van der Waals surface area contributed by atoms with E-state index >= 15 is 0 Å². The van der Waals surface area contributed by atoms with Gasteiger partial charge in [-0.15, -0.1) is 0 Å². The van der Waals surface area contributed by atoms with Gasteiger partial charge in [-0.3, -0.25) is 0 Å². The number of nitrogens with zero attached hydrogens (tertiary/aromatic N) is 4. The van der Waals surface area contributed by atoms with Crippen LogP contribution in [-0.2, 0) is 7.05 Å². The molecule has 1 fully saturated rings. The third kappa shape index (κ3) is 5.82. The highest BCUT2D eigenvalue weighted by Crippen LogP contribution is 2.37. The number of aryl methyl sites for hydroxylation is 1. The number of hydrogen-bond acceptors (Lipinski definition) is 5. The van der Waals surface area contributed by atoms with Crippen LogP contribution in [-0.4, -0.2) is 64.5 Å². The molecule has 1 aliphatic heterocycles. The minimum absolute atomic E-state index is 0.240. The monoisotopic (exact) mass is 488 g/mol. The molecule has 3 aromatic rings. The molecule has 0 bridgehead atoms. The Kier molecular flexibility index (Phi) is 7.11. The van der Waals surface area contributed by atoms with Crippen molar-refractivity contribution in [3.05, 3.63) is 60.8 Å². The summed E-state index contributed by atoms with van der Waals surface area (Å²) in [5, 5.41) is 7.18. The Bertz CT molecular complexity index is 1230. The number of hydrogen-bond donors (Lipinski definition) is 2. The van der Waals surface area contributed by atoms with Crippen molar-refractivity contribution in [2.24, 2.45) is 7.05 Å². The molecule has 10 heteroatoms. The van der Waals surface area contributed by atoms with Gasteiger partial charge in [-0.25, -0.2) is 14.4 Å². The molecular weight excluding hydrogens is 460 g/mol. The van der Waals surface area contributed by atoms with Gasteiger partial charge in [-0.1, -0.05) is 24.8 Å². The molecule has 4 rings (SSSR count). The van der Waals surface area contributed by atoms with Crippen LogP contribution in [0.4, 0.5) is 29.1 Å². The largest absolute Gasteiger partial charge is 0.417 e. The molecule has 1 saturated heterocycles. The number of aromatic nitrogens is 3. The summed E-state index contributed by atoms with van der Waals surface area (Å²) >= 11 is 0. The minimum Gasteiger partial charge on any atom is -0.379 e. The Balaban J connectivity index is 1.67. The van der Waals surface area contributed by atoms with Crippen molar-refractivity contribution in [3.63, 3.8) is 0 Å². The van der Waals surface area contributed by atoms with Crippen LogP contribution in [0.15, 0.2) is 49.4 Å². The zero-order valence-corrected chi connectivity index (χ0v) is 19.6. The van der Waals surface area contributed by atoms with Crippen molar-refractivity contribution in [3.8, 4) is 0 Å². The van der Waals surface area contributed by atoms with Gasteiger partial charge in [-0.05, 0) is 31.7 Å². The maximum atomic E-state index is 14.7. The maximum absolute atomic E-state index is 14.7. The average molecular weight is 489 g/mol. The highest BCUT2D eigenvalue weighted by molar-refractivity contribution is 6.00. The fourth-order valence-corrected chi connectivity index (χ4v) is 4.14. The molecule has 0 saturated carbocycles.